The minimum atomic E-state index is -1.03. The standard InChI is InChI=1S/C15H22N6O3S.HI/c1-3-16-14(18-11-15(2,22)13-5-4-8-25-13)17-6-7-20-10-12(9-19-20)21(23)24;/h4-5,8-10,22H,3,6-7,11H2,1-2H3,(H2,16,17,18);1H. The summed E-state index contributed by atoms with van der Waals surface area (Å²) in [6.45, 7) is 5.53. The summed E-state index contributed by atoms with van der Waals surface area (Å²) in [7, 11) is 0. The van der Waals surface area contributed by atoms with Crippen LogP contribution in [0.4, 0.5) is 5.69 Å². The minimum absolute atomic E-state index is 0. The van der Waals surface area contributed by atoms with Crippen molar-refractivity contribution in [1.82, 2.24) is 20.4 Å². The lowest BCUT2D eigenvalue weighted by atomic mass is 10.1. The summed E-state index contributed by atoms with van der Waals surface area (Å²) in [6, 6.07) is 3.77. The van der Waals surface area contributed by atoms with Crippen LogP contribution in [-0.4, -0.2) is 45.4 Å². The van der Waals surface area contributed by atoms with E-state index in [1.165, 1.54) is 28.4 Å². The largest absolute Gasteiger partial charge is 0.383 e. The molecular weight excluding hydrogens is 471 g/mol. The van der Waals surface area contributed by atoms with E-state index in [4.69, 9.17) is 0 Å². The van der Waals surface area contributed by atoms with Crippen LogP contribution in [0.5, 0.6) is 0 Å². The number of halogens is 1. The van der Waals surface area contributed by atoms with Crippen molar-refractivity contribution in [2.24, 2.45) is 4.99 Å². The molecule has 2 aromatic heterocycles. The number of hydrogen-bond acceptors (Lipinski definition) is 6. The number of aliphatic imine (C=N–C) groups is 1. The van der Waals surface area contributed by atoms with Crippen molar-refractivity contribution in [3.63, 3.8) is 0 Å². The summed E-state index contributed by atoms with van der Waals surface area (Å²) in [5.74, 6) is 0.570. The molecule has 0 aliphatic heterocycles. The third-order valence-electron chi connectivity index (χ3n) is 3.41. The number of rotatable bonds is 8. The first kappa shape index (κ1) is 22.3. The van der Waals surface area contributed by atoms with Gasteiger partial charge in [0.1, 0.15) is 18.0 Å². The molecule has 1 atom stereocenters. The molecule has 11 heteroatoms. The smallest absolute Gasteiger partial charge is 0.306 e. The van der Waals surface area contributed by atoms with Crippen molar-refractivity contribution >= 4 is 47.0 Å². The molecule has 2 heterocycles. The van der Waals surface area contributed by atoms with Crippen LogP contribution in [0.15, 0.2) is 34.9 Å². The molecule has 1 unspecified atom stereocenters. The van der Waals surface area contributed by atoms with E-state index in [1.807, 2.05) is 24.4 Å². The highest BCUT2D eigenvalue weighted by Crippen LogP contribution is 2.25. The number of nitrogens with zero attached hydrogens (tertiary/aromatic N) is 4. The summed E-state index contributed by atoms with van der Waals surface area (Å²) in [5.41, 5.74) is -1.06. The second-order valence-corrected chi connectivity index (χ2v) is 6.54. The third-order valence-corrected chi connectivity index (χ3v) is 4.53. The van der Waals surface area contributed by atoms with Gasteiger partial charge in [0.15, 0.2) is 5.96 Å². The number of aliphatic hydroxyl groups is 1. The summed E-state index contributed by atoms with van der Waals surface area (Å²) in [6.07, 6.45) is 2.60. The average molecular weight is 494 g/mol. The van der Waals surface area contributed by atoms with Gasteiger partial charge in [-0.1, -0.05) is 6.07 Å². The normalized spacial score (nSPS) is 13.6. The molecule has 0 fully saturated rings. The first-order valence-electron chi connectivity index (χ1n) is 7.88. The van der Waals surface area contributed by atoms with Crippen LogP contribution >= 0.6 is 35.3 Å². The van der Waals surface area contributed by atoms with E-state index >= 15 is 0 Å². The Kier molecular flexibility index (Phi) is 8.95. The van der Waals surface area contributed by atoms with Crippen molar-refractivity contribution in [1.29, 1.82) is 0 Å². The summed E-state index contributed by atoms with van der Waals surface area (Å²) in [5, 5.41) is 33.2. The van der Waals surface area contributed by atoms with Crippen molar-refractivity contribution in [2.45, 2.75) is 26.0 Å². The Morgan fingerprint density at radius 2 is 2.31 bits per heavy atom. The Labute approximate surface area is 172 Å². The summed E-state index contributed by atoms with van der Waals surface area (Å²) in [4.78, 5) is 15.4. The second-order valence-electron chi connectivity index (χ2n) is 5.59. The number of hydrogen-bond donors (Lipinski definition) is 3. The molecule has 0 aliphatic carbocycles. The molecular formula is C15H23IN6O3S. The summed E-state index contributed by atoms with van der Waals surface area (Å²) >= 11 is 1.49. The van der Waals surface area contributed by atoms with Crippen LogP contribution < -0.4 is 10.6 Å². The highest BCUT2D eigenvalue weighted by Gasteiger charge is 2.23. The molecule has 0 radical (unpaired) electrons. The number of nitro groups is 1. The Morgan fingerprint density at radius 3 is 2.88 bits per heavy atom. The zero-order valence-electron chi connectivity index (χ0n) is 14.6. The third kappa shape index (κ3) is 6.53. The SMILES string of the molecule is CCNC(=NCC(C)(O)c1cccs1)NCCn1cc([N+](=O)[O-])cn1.I. The van der Waals surface area contributed by atoms with E-state index in [-0.39, 0.29) is 36.2 Å². The van der Waals surface area contributed by atoms with Gasteiger partial charge in [-0.25, -0.2) is 4.99 Å². The zero-order valence-corrected chi connectivity index (χ0v) is 17.7. The van der Waals surface area contributed by atoms with Gasteiger partial charge in [0, 0.05) is 18.0 Å². The van der Waals surface area contributed by atoms with Gasteiger partial charge in [0.05, 0.1) is 18.0 Å². The minimum Gasteiger partial charge on any atom is -0.383 e. The Balaban J connectivity index is 0.00000338. The van der Waals surface area contributed by atoms with Gasteiger partial charge in [-0.2, -0.15) is 5.10 Å². The molecule has 9 nitrogen and oxygen atoms in total. The van der Waals surface area contributed by atoms with E-state index in [1.54, 1.807) is 6.92 Å². The Bertz CT molecular complexity index is 717. The lowest BCUT2D eigenvalue weighted by Crippen LogP contribution is -2.40. The van der Waals surface area contributed by atoms with Gasteiger partial charge in [0.2, 0.25) is 0 Å². The van der Waals surface area contributed by atoms with Crippen molar-refractivity contribution < 1.29 is 10.0 Å². The molecule has 0 spiro atoms. The van der Waals surface area contributed by atoms with E-state index in [0.29, 0.717) is 25.6 Å². The van der Waals surface area contributed by atoms with Gasteiger partial charge >= 0.3 is 5.69 Å². The molecule has 2 aromatic rings. The van der Waals surface area contributed by atoms with E-state index in [2.05, 4.69) is 20.7 Å². The van der Waals surface area contributed by atoms with E-state index < -0.39 is 10.5 Å². The van der Waals surface area contributed by atoms with Gasteiger partial charge in [-0.3, -0.25) is 14.8 Å². The molecule has 0 aromatic carbocycles. The molecule has 3 N–H and O–H groups in total. The molecule has 2 rings (SSSR count). The van der Waals surface area contributed by atoms with Crippen LogP contribution in [0.25, 0.3) is 0 Å². The number of nitrogens with one attached hydrogen (secondary N) is 2. The van der Waals surface area contributed by atoms with Crippen LogP contribution in [-0.2, 0) is 12.1 Å². The fraction of sp³-hybridized carbons (Fsp3) is 0.467. The predicted octanol–water partition coefficient (Wildman–Crippen LogP) is 1.93. The van der Waals surface area contributed by atoms with Crippen molar-refractivity contribution in [3.8, 4) is 0 Å². The van der Waals surface area contributed by atoms with Crippen LogP contribution in [0.3, 0.4) is 0 Å². The number of guanidine groups is 1. The quantitative estimate of drug-likeness (QED) is 0.170. The van der Waals surface area contributed by atoms with Crippen LogP contribution in [0, 0.1) is 10.1 Å². The highest BCUT2D eigenvalue weighted by atomic mass is 127. The maximum Gasteiger partial charge on any atom is 0.306 e. The lowest BCUT2D eigenvalue weighted by molar-refractivity contribution is -0.385. The predicted molar refractivity (Wildman–Crippen MR) is 112 cm³/mol. The highest BCUT2D eigenvalue weighted by molar-refractivity contribution is 14.0. The molecule has 0 aliphatic rings. The fourth-order valence-electron chi connectivity index (χ4n) is 2.10. The first-order valence-corrected chi connectivity index (χ1v) is 8.75. The number of aromatic nitrogens is 2. The fourth-order valence-corrected chi connectivity index (χ4v) is 2.88. The molecule has 0 saturated carbocycles. The van der Waals surface area contributed by atoms with Crippen LogP contribution in [0.2, 0.25) is 0 Å². The van der Waals surface area contributed by atoms with Gasteiger partial charge < -0.3 is 15.7 Å². The van der Waals surface area contributed by atoms with Gasteiger partial charge in [0.25, 0.3) is 0 Å². The molecule has 0 amide bonds. The van der Waals surface area contributed by atoms with Gasteiger partial charge in [-0.05, 0) is 25.3 Å². The van der Waals surface area contributed by atoms with E-state index in [9.17, 15) is 15.2 Å². The van der Waals surface area contributed by atoms with E-state index in [0.717, 1.165) is 4.88 Å². The Hall–Kier alpha value is -1.73. The van der Waals surface area contributed by atoms with Crippen molar-refractivity contribution in [3.05, 3.63) is 44.9 Å². The van der Waals surface area contributed by atoms with Gasteiger partial charge in [-0.15, -0.1) is 35.3 Å². The molecule has 0 saturated heterocycles. The summed E-state index contributed by atoms with van der Waals surface area (Å²) < 4.78 is 1.50. The number of thiophene rings is 1. The second kappa shape index (κ2) is 10.4. The maximum atomic E-state index is 10.6. The molecule has 26 heavy (non-hydrogen) atoms. The maximum absolute atomic E-state index is 10.6. The monoisotopic (exact) mass is 494 g/mol. The average Bonchev–Trinajstić information content (AvgIpc) is 3.24. The lowest BCUT2D eigenvalue weighted by Gasteiger charge is -2.20. The van der Waals surface area contributed by atoms with Crippen LogP contribution in [0.1, 0.15) is 18.7 Å². The molecule has 144 valence electrons. The van der Waals surface area contributed by atoms with Crippen molar-refractivity contribution in [2.75, 3.05) is 19.6 Å². The molecule has 0 bridgehead atoms. The topological polar surface area (TPSA) is 118 Å². The Morgan fingerprint density at radius 1 is 1.54 bits per heavy atom. The first-order chi connectivity index (χ1) is 11.9. The zero-order chi connectivity index (χ0) is 18.3.